The summed E-state index contributed by atoms with van der Waals surface area (Å²) >= 11 is 0. The van der Waals surface area contributed by atoms with Gasteiger partial charge in [-0.15, -0.1) is 0 Å². The van der Waals surface area contributed by atoms with Crippen molar-refractivity contribution >= 4 is 5.91 Å². The number of carbonyl (C=O) groups excluding carboxylic acids is 1. The maximum Gasteiger partial charge on any atom is 0.389 e. The van der Waals surface area contributed by atoms with E-state index >= 15 is 0 Å². The molecule has 2 heterocycles. The second-order valence-electron chi connectivity index (χ2n) is 6.32. The van der Waals surface area contributed by atoms with Gasteiger partial charge in [0.2, 0.25) is 5.91 Å². The van der Waals surface area contributed by atoms with Gasteiger partial charge in [-0.3, -0.25) is 14.7 Å². The second kappa shape index (κ2) is 8.46. The van der Waals surface area contributed by atoms with E-state index in [0.29, 0.717) is 19.1 Å². The lowest BCUT2D eigenvalue weighted by molar-refractivity contribution is -0.149. The highest BCUT2D eigenvalue weighted by molar-refractivity contribution is 5.76. The van der Waals surface area contributed by atoms with Crippen molar-refractivity contribution in [2.75, 3.05) is 20.1 Å². The van der Waals surface area contributed by atoms with Crippen LogP contribution in [-0.4, -0.2) is 53.0 Å². The fraction of sp³-hybridized carbons (Fsp3) is 0.647. The van der Waals surface area contributed by atoms with Gasteiger partial charge >= 0.3 is 6.18 Å². The number of aromatic nitrogens is 1. The first kappa shape index (κ1) is 18.7. The Labute approximate surface area is 140 Å². The number of pyridine rings is 1. The van der Waals surface area contributed by atoms with Gasteiger partial charge in [0.05, 0.1) is 12.1 Å². The molecule has 24 heavy (non-hydrogen) atoms. The van der Waals surface area contributed by atoms with Crippen molar-refractivity contribution < 1.29 is 18.0 Å². The van der Waals surface area contributed by atoms with Crippen molar-refractivity contribution in [2.45, 2.75) is 50.9 Å². The maximum atomic E-state index is 12.3. The molecule has 0 spiro atoms. The number of rotatable bonds is 5. The summed E-state index contributed by atoms with van der Waals surface area (Å²) in [5.41, 5.74) is 0.988. The average molecular weight is 343 g/mol. The van der Waals surface area contributed by atoms with Gasteiger partial charge in [0, 0.05) is 38.3 Å². The van der Waals surface area contributed by atoms with Gasteiger partial charge in [-0.1, -0.05) is 6.07 Å². The molecule has 4 nitrogen and oxygen atoms in total. The van der Waals surface area contributed by atoms with E-state index in [9.17, 15) is 18.0 Å². The molecule has 7 heteroatoms. The number of nitrogens with zero attached hydrogens (tertiary/aromatic N) is 3. The number of alkyl halides is 3. The molecule has 1 aliphatic heterocycles. The molecule has 1 aromatic heterocycles. The van der Waals surface area contributed by atoms with E-state index in [0.717, 1.165) is 31.5 Å². The van der Waals surface area contributed by atoms with Crippen LogP contribution in [0.3, 0.4) is 0 Å². The predicted molar refractivity (Wildman–Crippen MR) is 85.2 cm³/mol. The van der Waals surface area contributed by atoms with Crippen molar-refractivity contribution in [3.63, 3.8) is 0 Å². The van der Waals surface area contributed by atoms with Crippen LogP contribution in [0.5, 0.6) is 0 Å². The first-order valence-corrected chi connectivity index (χ1v) is 8.30. The van der Waals surface area contributed by atoms with Crippen LogP contribution in [0.2, 0.25) is 0 Å². The fourth-order valence-electron chi connectivity index (χ4n) is 3.05. The molecule has 0 bridgehead atoms. The Morgan fingerprint density at radius 1 is 1.33 bits per heavy atom. The van der Waals surface area contributed by atoms with E-state index in [2.05, 4.69) is 9.88 Å². The monoisotopic (exact) mass is 343 g/mol. The highest BCUT2D eigenvalue weighted by Gasteiger charge is 2.30. The van der Waals surface area contributed by atoms with Crippen LogP contribution in [0.4, 0.5) is 13.2 Å². The zero-order valence-electron chi connectivity index (χ0n) is 13.9. The highest BCUT2D eigenvalue weighted by Crippen LogP contribution is 2.23. The summed E-state index contributed by atoms with van der Waals surface area (Å²) < 4.78 is 36.8. The third-order valence-corrected chi connectivity index (χ3v) is 4.43. The van der Waals surface area contributed by atoms with Crippen molar-refractivity contribution in [3.05, 3.63) is 30.1 Å². The lowest BCUT2D eigenvalue weighted by Crippen LogP contribution is -2.35. The molecular weight excluding hydrogens is 319 g/mol. The van der Waals surface area contributed by atoms with Gasteiger partial charge < -0.3 is 4.90 Å². The minimum absolute atomic E-state index is 0.312. The molecule has 1 saturated heterocycles. The Kier molecular flexibility index (Phi) is 6.60. The Hall–Kier alpha value is -1.63. The van der Waals surface area contributed by atoms with Crippen LogP contribution in [0.1, 0.15) is 37.8 Å². The summed E-state index contributed by atoms with van der Waals surface area (Å²) in [5, 5.41) is 0. The van der Waals surface area contributed by atoms with Gasteiger partial charge in [0.15, 0.2) is 0 Å². The average Bonchev–Trinajstić information content (AvgIpc) is 2.79. The SMILES string of the molecule is CN(Cc1ccccn1)[C@@H]1CCCN(C(=O)CCC(F)(F)F)CC1. The zero-order valence-corrected chi connectivity index (χ0v) is 13.9. The molecule has 1 atom stereocenters. The van der Waals surface area contributed by atoms with E-state index in [1.807, 2.05) is 25.2 Å². The van der Waals surface area contributed by atoms with Gasteiger partial charge in [-0.25, -0.2) is 0 Å². The number of hydrogen-bond donors (Lipinski definition) is 0. The molecule has 2 rings (SSSR count). The van der Waals surface area contributed by atoms with Crippen molar-refractivity contribution in [1.29, 1.82) is 0 Å². The maximum absolute atomic E-state index is 12.3. The molecule has 134 valence electrons. The van der Waals surface area contributed by atoms with E-state index in [1.165, 1.54) is 0 Å². The number of hydrogen-bond acceptors (Lipinski definition) is 3. The van der Waals surface area contributed by atoms with Crippen molar-refractivity contribution in [1.82, 2.24) is 14.8 Å². The predicted octanol–water partition coefficient (Wildman–Crippen LogP) is 3.24. The number of carbonyl (C=O) groups is 1. The van der Waals surface area contributed by atoms with Gasteiger partial charge in [-0.2, -0.15) is 13.2 Å². The van der Waals surface area contributed by atoms with Crippen molar-refractivity contribution in [3.8, 4) is 0 Å². The molecule has 0 N–H and O–H groups in total. The summed E-state index contributed by atoms with van der Waals surface area (Å²) in [6.07, 6.45) is -1.46. The van der Waals surface area contributed by atoms with Gasteiger partial charge in [0.25, 0.3) is 0 Å². The summed E-state index contributed by atoms with van der Waals surface area (Å²) in [5.74, 6) is -0.389. The summed E-state index contributed by atoms with van der Waals surface area (Å²) in [6.45, 7) is 1.80. The lowest BCUT2D eigenvalue weighted by Gasteiger charge is -2.27. The topological polar surface area (TPSA) is 36.4 Å². The lowest BCUT2D eigenvalue weighted by atomic mass is 10.1. The molecule has 0 aromatic carbocycles. The van der Waals surface area contributed by atoms with Crippen molar-refractivity contribution in [2.24, 2.45) is 0 Å². The largest absolute Gasteiger partial charge is 0.389 e. The molecular formula is C17H24F3N3O. The van der Waals surface area contributed by atoms with Crippen LogP contribution in [0.25, 0.3) is 0 Å². The molecule has 1 aromatic rings. The van der Waals surface area contributed by atoms with Gasteiger partial charge in [0.1, 0.15) is 0 Å². The molecule has 0 radical (unpaired) electrons. The van der Waals surface area contributed by atoms with Crippen LogP contribution in [0, 0.1) is 0 Å². The van der Waals surface area contributed by atoms with Crippen LogP contribution in [0.15, 0.2) is 24.4 Å². The highest BCUT2D eigenvalue weighted by atomic mass is 19.4. The Morgan fingerprint density at radius 2 is 2.12 bits per heavy atom. The third-order valence-electron chi connectivity index (χ3n) is 4.43. The molecule has 0 aliphatic carbocycles. The smallest absolute Gasteiger partial charge is 0.343 e. The quantitative estimate of drug-likeness (QED) is 0.824. The normalized spacial score (nSPS) is 19.4. The second-order valence-corrected chi connectivity index (χ2v) is 6.32. The minimum atomic E-state index is -4.27. The van der Waals surface area contributed by atoms with E-state index in [4.69, 9.17) is 0 Å². The first-order chi connectivity index (χ1) is 11.3. The van der Waals surface area contributed by atoms with E-state index in [-0.39, 0.29) is 5.91 Å². The van der Waals surface area contributed by atoms with Gasteiger partial charge in [-0.05, 0) is 38.4 Å². The van der Waals surface area contributed by atoms with E-state index < -0.39 is 19.0 Å². The summed E-state index contributed by atoms with van der Waals surface area (Å²) in [4.78, 5) is 20.1. The number of amides is 1. The molecule has 1 aliphatic rings. The molecule has 0 saturated carbocycles. The Bertz CT molecular complexity index is 522. The third kappa shape index (κ3) is 6.11. The number of likely N-dealkylation sites (tertiary alicyclic amines) is 1. The standard InChI is InChI=1S/C17H24F3N3O/c1-22(13-14-5-2-3-10-21-14)15-6-4-11-23(12-8-15)16(24)7-9-17(18,19)20/h2-3,5,10,15H,4,6-9,11-13H2,1H3/t15-/m1/s1. The van der Waals surface area contributed by atoms with E-state index in [1.54, 1.807) is 11.1 Å². The van der Waals surface area contributed by atoms with Crippen LogP contribution >= 0.6 is 0 Å². The van der Waals surface area contributed by atoms with Crippen LogP contribution in [-0.2, 0) is 11.3 Å². The summed E-state index contributed by atoms with van der Waals surface area (Å²) in [6, 6.07) is 6.11. The minimum Gasteiger partial charge on any atom is -0.343 e. The fourth-order valence-corrected chi connectivity index (χ4v) is 3.05. The van der Waals surface area contributed by atoms with Crippen LogP contribution < -0.4 is 0 Å². The molecule has 1 fully saturated rings. The Morgan fingerprint density at radius 3 is 2.79 bits per heavy atom. The molecule has 0 unspecified atom stereocenters. The Balaban J connectivity index is 1.82. The number of halogens is 3. The molecule has 1 amide bonds. The zero-order chi connectivity index (χ0) is 17.6. The first-order valence-electron chi connectivity index (χ1n) is 8.30. The summed E-state index contributed by atoms with van der Waals surface area (Å²) in [7, 11) is 2.03.